The number of carboxylic acids is 1. The molecule has 3 rings (SSSR count). The van der Waals surface area contributed by atoms with Gasteiger partial charge in [-0.15, -0.1) is 0 Å². The van der Waals surface area contributed by atoms with E-state index in [1.165, 1.54) is 24.3 Å². The van der Waals surface area contributed by atoms with E-state index < -0.39 is 23.6 Å². The molecule has 0 aliphatic carbocycles. The summed E-state index contributed by atoms with van der Waals surface area (Å²) in [5, 5.41) is 12.2. The maximum absolute atomic E-state index is 13.0. The van der Waals surface area contributed by atoms with E-state index in [4.69, 9.17) is 0 Å². The largest absolute Gasteiger partial charge is 0.481 e. The number of aromatic nitrogens is 2. The highest BCUT2D eigenvalue weighted by atomic mass is 19.1. The van der Waals surface area contributed by atoms with Crippen molar-refractivity contribution >= 4 is 23.5 Å². The number of anilines is 2. The molecular formula is C20H24FN5O3. The fourth-order valence-electron chi connectivity index (χ4n) is 3.32. The average molecular weight is 401 g/mol. The predicted octanol–water partition coefficient (Wildman–Crippen LogP) is 1.86. The van der Waals surface area contributed by atoms with Gasteiger partial charge in [-0.1, -0.05) is 0 Å². The lowest BCUT2D eigenvalue weighted by Crippen LogP contribution is -2.38. The van der Waals surface area contributed by atoms with Crippen LogP contribution < -0.4 is 10.2 Å². The second kappa shape index (κ2) is 9.92. The predicted molar refractivity (Wildman–Crippen MR) is 106 cm³/mol. The molecule has 8 nitrogen and oxygen atoms in total. The number of hydrogen-bond donors (Lipinski definition) is 2. The molecule has 1 aliphatic rings. The third kappa shape index (κ3) is 6.21. The summed E-state index contributed by atoms with van der Waals surface area (Å²) in [4.78, 5) is 36.6. The van der Waals surface area contributed by atoms with Gasteiger partial charge in [-0.05, 0) is 43.3 Å². The van der Waals surface area contributed by atoms with Crippen LogP contribution in [-0.4, -0.2) is 64.6 Å². The number of aliphatic carboxylic acids is 1. The molecule has 0 radical (unpaired) electrons. The fourth-order valence-corrected chi connectivity index (χ4v) is 3.32. The number of nitrogens with one attached hydrogen (secondary N) is 1. The number of nitrogens with zero attached hydrogens (tertiary/aromatic N) is 4. The third-order valence-corrected chi connectivity index (χ3v) is 4.81. The van der Waals surface area contributed by atoms with Crippen LogP contribution in [0.4, 0.5) is 16.0 Å². The Bertz CT molecular complexity index is 819. The summed E-state index contributed by atoms with van der Waals surface area (Å²) in [5.41, 5.74) is 0.439. The minimum atomic E-state index is -1.01. The number of hydrogen-bond acceptors (Lipinski definition) is 6. The molecule has 1 saturated heterocycles. The van der Waals surface area contributed by atoms with Gasteiger partial charge in [-0.2, -0.15) is 0 Å². The van der Waals surface area contributed by atoms with Crippen molar-refractivity contribution in [2.75, 3.05) is 42.9 Å². The van der Waals surface area contributed by atoms with Crippen molar-refractivity contribution in [3.63, 3.8) is 0 Å². The Kier molecular flexibility index (Phi) is 7.07. The van der Waals surface area contributed by atoms with E-state index in [2.05, 4.69) is 25.1 Å². The summed E-state index contributed by atoms with van der Waals surface area (Å²) in [6.07, 6.45) is 4.11. The van der Waals surface area contributed by atoms with E-state index in [1.807, 2.05) is 0 Å². The van der Waals surface area contributed by atoms with E-state index in [1.54, 1.807) is 18.5 Å². The average Bonchev–Trinajstić information content (AvgIpc) is 2.95. The first-order valence-electron chi connectivity index (χ1n) is 9.54. The van der Waals surface area contributed by atoms with Crippen molar-refractivity contribution in [2.45, 2.75) is 12.8 Å². The molecule has 9 heteroatoms. The second-order valence-electron chi connectivity index (χ2n) is 6.98. The summed E-state index contributed by atoms with van der Waals surface area (Å²) < 4.78 is 13.0. The normalized spacial score (nSPS) is 16.1. The highest BCUT2D eigenvalue weighted by molar-refractivity contribution is 5.93. The molecule has 1 aromatic carbocycles. The smallest absolute Gasteiger partial charge is 0.308 e. The molecular weight excluding hydrogens is 377 g/mol. The van der Waals surface area contributed by atoms with Gasteiger partial charge in [-0.25, -0.2) is 14.4 Å². The lowest BCUT2D eigenvalue weighted by atomic mass is 10.0. The second-order valence-corrected chi connectivity index (χ2v) is 6.98. The number of amides is 1. The Balaban J connectivity index is 1.53. The van der Waals surface area contributed by atoms with E-state index in [9.17, 15) is 19.1 Å². The topological polar surface area (TPSA) is 98.7 Å². The van der Waals surface area contributed by atoms with Gasteiger partial charge in [-0.3, -0.25) is 9.59 Å². The zero-order valence-electron chi connectivity index (χ0n) is 16.0. The molecule has 2 N–H and O–H groups in total. The van der Waals surface area contributed by atoms with Gasteiger partial charge in [0.1, 0.15) is 5.82 Å². The molecule has 1 amide bonds. The number of halogens is 1. The van der Waals surface area contributed by atoms with Crippen LogP contribution in [0.3, 0.4) is 0 Å². The van der Waals surface area contributed by atoms with E-state index in [0.717, 1.165) is 19.5 Å². The molecule has 1 aliphatic heterocycles. The number of carbonyl (C=O) groups is 2. The Hall–Kier alpha value is -3.07. The maximum Gasteiger partial charge on any atom is 0.308 e. The molecule has 0 bridgehead atoms. The maximum atomic E-state index is 13.0. The lowest BCUT2D eigenvalue weighted by Gasteiger charge is -2.24. The summed E-state index contributed by atoms with van der Waals surface area (Å²) in [6, 6.07) is 7.13. The molecule has 1 fully saturated rings. The zero-order valence-corrected chi connectivity index (χ0v) is 16.0. The van der Waals surface area contributed by atoms with Gasteiger partial charge in [0, 0.05) is 50.7 Å². The highest BCUT2D eigenvalue weighted by Gasteiger charge is 2.26. The minimum Gasteiger partial charge on any atom is -0.481 e. The monoisotopic (exact) mass is 401 g/mol. The number of benzene rings is 1. The molecule has 1 aromatic heterocycles. The molecule has 154 valence electrons. The number of carboxylic acid groups (broad SMARTS) is 1. The summed E-state index contributed by atoms with van der Waals surface area (Å²) in [7, 11) is 0. The van der Waals surface area contributed by atoms with Crippen LogP contribution >= 0.6 is 0 Å². The Morgan fingerprint density at radius 1 is 1.10 bits per heavy atom. The van der Waals surface area contributed by atoms with Crippen molar-refractivity contribution in [1.29, 1.82) is 0 Å². The van der Waals surface area contributed by atoms with Gasteiger partial charge in [0.15, 0.2) is 0 Å². The van der Waals surface area contributed by atoms with Crippen LogP contribution in [0.25, 0.3) is 0 Å². The molecule has 1 atom stereocenters. The number of rotatable bonds is 7. The first kappa shape index (κ1) is 20.7. The van der Waals surface area contributed by atoms with Crippen molar-refractivity contribution in [3.8, 4) is 0 Å². The van der Waals surface area contributed by atoms with Crippen LogP contribution in [0, 0.1) is 11.7 Å². The van der Waals surface area contributed by atoms with Crippen LogP contribution in [0.2, 0.25) is 0 Å². The fraction of sp³-hybridized carbons (Fsp3) is 0.400. The molecule has 0 spiro atoms. The van der Waals surface area contributed by atoms with E-state index in [0.29, 0.717) is 24.7 Å². The van der Waals surface area contributed by atoms with Crippen molar-refractivity contribution in [2.24, 2.45) is 5.92 Å². The summed E-state index contributed by atoms with van der Waals surface area (Å²) >= 11 is 0. The Labute approximate surface area is 168 Å². The van der Waals surface area contributed by atoms with Crippen molar-refractivity contribution in [3.05, 3.63) is 48.5 Å². The summed E-state index contributed by atoms with van der Waals surface area (Å²) in [5.74, 6) is -1.97. The minimum absolute atomic E-state index is 0.144. The van der Waals surface area contributed by atoms with Gasteiger partial charge in [0.25, 0.3) is 0 Å². The molecule has 0 unspecified atom stereocenters. The van der Waals surface area contributed by atoms with Gasteiger partial charge in [0.05, 0.1) is 5.92 Å². The SMILES string of the molecule is O=C(C[C@H](CN1CCCN(c2ncccn2)CC1)C(=O)O)Nc1ccc(F)cc1. The van der Waals surface area contributed by atoms with Crippen LogP contribution in [0.15, 0.2) is 42.7 Å². The molecule has 2 heterocycles. The van der Waals surface area contributed by atoms with Crippen LogP contribution in [0.1, 0.15) is 12.8 Å². The molecule has 2 aromatic rings. The molecule has 0 saturated carbocycles. The van der Waals surface area contributed by atoms with Gasteiger partial charge >= 0.3 is 5.97 Å². The number of carbonyl (C=O) groups excluding carboxylic acids is 1. The standard InChI is InChI=1S/C20H24FN5O3/c21-16-3-5-17(6-4-16)24-18(27)13-15(19(28)29)14-25-9-2-10-26(12-11-25)20-22-7-1-8-23-20/h1,3-8,15H,2,9-14H2,(H,24,27)(H,28,29)/t15-/m1/s1. The Morgan fingerprint density at radius 2 is 1.83 bits per heavy atom. The molecule has 29 heavy (non-hydrogen) atoms. The van der Waals surface area contributed by atoms with Crippen molar-refractivity contribution in [1.82, 2.24) is 14.9 Å². The third-order valence-electron chi connectivity index (χ3n) is 4.81. The van der Waals surface area contributed by atoms with Crippen LogP contribution in [-0.2, 0) is 9.59 Å². The summed E-state index contributed by atoms with van der Waals surface area (Å²) in [6.45, 7) is 3.19. The first-order valence-corrected chi connectivity index (χ1v) is 9.54. The zero-order chi connectivity index (χ0) is 20.6. The quantitative estimate of drug-likeness (QED) is 0.731. The van der Waals surface area contributed by atoms with Crippen molar-refractivity contribution < 1.29 is 19.1 Å². The van der Waals surface area contributed by atoms with E-state index in [-0.39, 0.29) is 13.0 Å². The first-order chi connectivity index (χ1) is 14.0. The Morgan fingerprint density at radius 3 is 2.52 bits per heavy atom. The van der Waals surface area contributed by atoms with Gasteiger partial charge in [0.2, 0.25) is 11.9 Å². The lowest BCUT2D eigenvalue weighted by molar-refractivity contribution is -0.144. The van der Waals surface area contributed by atoms with Gasteiger partial charge < -0.3 is 20.2 Å². The van der Waals surface area contributed by atoms with Crippen LogP contribution in [0.5, 0.6) is 0 Å². The highest BCUT2D eigenvalue weighted by Crippen LogP contribution is 2.15. The van der Waals surface area contributed by atoms with E-state index >= 15 is 0 Å².